The van der Waals surface area contributed by atoms with Crippen LogP contribution in [0.4, 0.5) is 11.4 Å². The molecule has 0 amide bonds. The first kappa shape index (κ1) is 13.6. The van der Waals surface area contributed by atoms with Crippen LogP contribution in [0.2, 0.25) is 0 Å². The van der Waals surface area contributed by atoms with E-state index in [-0.39, 0.29) is 5.60 Å². The highest BCUT2D eigenvalue weighted by atomic mass is 17.3. The summed E-state index contributed by atoms with van der Waals surface area (Å²) in [7, 11) is 0. The summed E-state index contributed by atoms with van der Waals surface area (Å²) in [5, 5.41) is 1.67. The van der Waals surface area contributed by atoms with Gasteiger partial charge >= 0.3 is 0 Å². The van der Waals surface area contributed by atoms with Gasteiger partial charge in [0.25, 0.3) is 0 Å². The van der Waals surface area contributed by atoms with Crippen molar-refractivity contribution in [1.82, 2.24) is 0 Å². The van der Waals surface area contributed by atoms with Crippen LogP contribution in [0.5, 0.6) is 0 Å². The largest absolute Gasteiger partial charge is 0.206 e. The van der Waals surface area contributed by atoms with Crippen LogP contribution in [0.25, 0.3) is 0 Å². The van der Waals surface area contributed by atoms with Crippen LogP contribution in [0.3, 0.4) is 0 Å². The Morgan fingerprint density at radius 2 is 1.16 bits per heavy atom. The molecule has 19 heavy (non-hydrogen) atoms. The van der Waals surface area contributed by atoms with Crippen LogP contribution in [0.1, 0.15) is 20.8 Å². The Morgan fingerprint density at radius 1 is 0.737 bits per heavy atom. The number of rotatable bonds is 4. The average Bonchev–Trinajstić information content (AvgIpc) is 2.40. The Bertz CT molecular complexity index is 452. The lowest BCUT2D eigenvalue weighted by molar-refractivity contribution is -0.349. The molecule has 2 aromatic carbocycles. The van der Waals surface area contributed by atoms with Crippen molar-refractivity contribution in [2.75, 3.05) is 5.06 Å². The van der Waals surface area contributed by atoms with E-state index in [2.05, 4.69) is 0 Å². The maximum absolute atomic E-state index is 5.51. The van der Waals surface area contributed by atoms with Crippen LogP contribution in [-0.4, -0.2) is 5.60 Å². The van der Waals surface area contributed by atoms with E-state index in [0.717, 1.165) is 11.4 Å². The molecule has 0 aliphatic carbocycles. The average molecular weight is 257 g/mol. The number of para-hydroxylation sites is 2. The van der Waals surface area contributed by atoms with E-state index in [4.69, 9.17) is 9.88 Å². The zero-order valence-corrected chi connectivity index (χ0v) is 11.5. The van der Waals surface area contributed by atoms with Crippen molar-refractivity contribution in [1.29, 1.82) is 0 Å². The van der Waals surface area contributed by atoms with Crippen molar-refractivity contribution in [2.24, 2.45) is 0 Å². The van der Waals surface area contributed by atoms with Gasteiger partial charge in [0.1, 0.15) is 0 Å². The van der Waals surface area contributed by atoms with Gasteiger partial charge in [0.2, 0.25) is 0 Å². The van der Waals surface area contributed by atoms with E-state index in [1.807, 2.05) is 81.4 Å². The number of anilines is 2. The molecule has 3 heteroatoms. The molecule has 0 atom stereocenters. The van der Waals surface area contributed by atoms with Gasteiger partial charge in [0.05, 0.1) is 17.0 Å². The predicted octanol–water partition coefficient (Wildman–Crippen LogP) is 4.49. The minimum Gasteiger partial charge on any atom is -0.206 e. The van der Waals surface area contributed by atoms with Crippen molar-refractivity contribution in [3.63, 3.8) is 0 Å². The maximum atomic E-state index is 5.51. The summed E-state index contributed by atoms with van der Waals surface area (Å²) >= 11 is 0. The zero-order chi connectivity index (χ0) is 13.7. The predicted molar refractivity (Wildman–Crippen MR) is 76.9 cm³/mol. The van der Waals surface area contributed by atoms with Crippen molar-refractivity contribution < 1.29 is 9.88 Å². The van der Waals surface area contributed by atoms with E-state index < -0.39 is 0 Å². The van der Waals surface area contributed by atoms with Gasteiger partial charge in [0, 0.05) is 0 Å². The molecular formula is C16H19NO2. The Morgan fingerprint density at radius 3 is 1.53 bits per heavy atom. The summed E-state index contributed by atoms with van der Waals surface area (Å²) in [6.07, 6.45) is 0. The molecule has 0 heterocycles. The SMILES string of the molecule is CC(C)(C)OON(c1ccccc1)c1ccccc1. The van der Waals surface area contributed by atoms with Crippen LogP contribution in [0, 0.1) is 0 Å². The first-order chi connectivity index (χ1) is 9.06. The van der Waals surface area contributed by atoms with Crippen LogP contribution < -0.4 is 5.06 Å². The van der Waals surface area contributed by atoms with Gasteiger partial charge in [0.15, 0.2) is 0 Å². The van der Waals surface area contributed by atoms with Crippen LogP contribution in [0.15, 0.2) is 60.7 Å². The topological polar surface area (TPSA) is 21.7 Å². The lowest BCUT2D eigenvalue weighted by Crippen LogP contribution is -2.26. The Kier molecular flexibility index (Phi) is 4.20. The fourth-order valence-electron chi connectivity index (χ4n) is 1.51. The van der Waals surface area contributed by atoms with Crippen molar-refractivity contribution in [3.05, 3.63) is 60.7 Å². The van der Waals surface area contributed by atoms with E-state index in [1.54, 1.807) is 5.06 Å². The number of benzene rings is 2. The second-order valence-electron chi connectivity index (χ2n) is 5.24. The first-order valence-corrected chi connectivity index (χ1v) is 6.32. The van der Waals surface area contributed by atoms with Crippen molar-refractivity contribution >= 4 is 11.4 Å². The molecule has 0 aromatic heterocycles. The first-order valence-electron chi connectivity index (χ1n) is 6.32. The third kappa shape index (κ3) is 4.09. The van der Waals surface area contributed by atoms with Gasteiger partial charge in [-0.05, 0) is 45.0 Å². The molecule has 2 rings (SSSR count). The quantitative estimate of drug-likeness (QED) is 0.595. The minimum atomic E-state index is -0.373. The Labute approximate surface area is 114 Å². The molecule has 0 spiro atoms. The van der Waals surface area contributed by atoms with Crippen molar-refractivity contribution in [2.45, 2.75) is 26.4 Å². The second kappa shape index (κ2) is 5.87. The lowest BCUT2D eigenvalue weighted by atomic mass is 10.2. The molecule has 0 aliphatic heterocycles. The third-order valence-corrected chi connectivity index (χ3v) is 2.34. The Balaban J connectivity index is 2.24. The molecule has 0 saturated heterocycles. The smallest absolute Gasteiger partial charge is 0.0977 e. The summed E-state index contributed by atoms with van der Waals surface area (Å²) in [6.45, 7) is 5.84. The zero-order valence-electron chi connectivity index (χ0n) is 11.5. The maximum Gasteiger partial charge on any atom is 0.0977 e. The van der Waals surface area contributed by atoms with E-state index in [1.165, 1.54) is 0 Å². The molecule has 0 radical (unpaired) electrons. The van der Waals surface area contributed by atoms with Gasteiger partial charge in [-0.3, -0.25) is 0 Å². The molecule has 0 saturated carbocycles. The van der Waals surface area contributed by atoms with E-state index in [9.17, 15) is 0 Å². The fourth-order valence-corrected chi connectivity index (χ4v) is 1.51. The number of nitrogens with zero attached hydrogens (tertiary/aromatic N) is 1. The molecule has 0 fully saturated rings. The number of hydrogen-bond donors (Lipinski definition) is 0. The van der Waals surface area contributed by atoms with E-state index in [0.29, 0.717) is 0 Å². The molecule has 0 aliphatic rings. The molecule has 0 N–H and O–H groups in total. The summed E-state index contributed by atoms with van der Waals surface area (Å²) < 4.78 is 0. The molecule has 100 valence electrons. The van der Waals surface area contributed by atoms with Crippen LogP contribution in [-0.2, 0) is 9.88 Å². The van der Waals surface area contributed by atoms with Gasteiger partial charge in [-0.1, -0.05) is 36.4 Å². The van der Waals surface area contributed by atoms with Gasteiger partial charge in [-0.2, -0.15) is 5.06 Å². The number of hydrogen-bond acceptors (Lipinski definition) is 3. The summed E-state index contributed by atoms with van der Waals surface area (Å²) in [6, 6.07) is 19.7. The highest BCUT2D eigenvalue weighted by Gasteiger charge is 2.17. The summed E-state index contributed by atoms with van der Waals surface area (Å²) in [4.78, 5) is 10.9. The molecule has 2 aromatic rings. The third-order valence-electron chi connectivity index (χ3n) is 2.34. The fraction of sp³-hybridized carbons (Fsp3) is 0.250. The second-order valence-corrected chi connectivity index (χ2v) is 5.24. The molecule has 3 nitrogen and oxygen atoms in total. The molecule has 0 unspecified atom stereocenters. The van der Waals surface area contributed by atoms with E-state index >= 15 is 0 Å². The highest BCUT2D eigenvalue weighted by Crippen LogP contribution is 2.26. The lowest BCUT2D eigenvalue weighted by Gasteiger charge is -2.26. The molecular weight excluding hydrogens is 238 g/mol. The summed E-state index contributed by atoms with van der Waals surface area (Å²) in [5.74, 6) is 0. The van der Waals surface area contributed by atoms with Gasteiger partial charge < -0.3 is 0 Å². The van der Waals surface area contributed by atoms with Gasteiger partial charge in [-0.25, -0.2) is 4.89 Å². The molecule has 0 bridgehead atoms. The van der Waals surface area contributed by atoms with Gasteiger partial charge in [-0.15, -0.1) is 4.99 Å². The highest BCUT2D eigenvalue weighted by molar-refractivity contribution is 5.59. The van der Waals surface area contributed by atoms with Crippen molar-refractivity contribution in [3.8, 4) is 0 Å². The Hall–Kier alpha value is -1.84. The standard InChI is InChI=1S/C16H19NO2/c1-16(2,3)18-19-17(14-10-6-4-7-11-14)15-12-8-5-9-13-15/h4-13H,1-3H3. The van der Waals surface area contributed by atoms with Crippen LogP contribution >= 0.6 is 0 Å². The minimum absolute atomic E-state index is 0.373. The monoisotopic (exact) mass is 257 g/mol. The normalized spacial score (nSPS) is 11.3. The summed E-state index contributed by atoms with van der Waals surface area (Å²) in [5.41, 5.74) is 1.46.